The van der Waals surface area contributed by atoms with Crippen LogP contribution in [0.1, 0.15) is 13.8 Å². The first kappa shape index (κ1) is 22.7. The van der Waals surface area contributed by atoms with Crippen LogP contribution in [0.4, 0.5) is 17.3 Å². The van der Waals surface area contributed by atoms with Crippen LogP contribution in [0.25, 0.3) is 22.3 Å². The predicted molar refractivity (Wildman–Crippen MR) is 109 cm³/mol. The predicted octanol–water partition coefficient (Wildman–Crippen LogP) is 3.72. The molecule has 0 bridgehead atoms. The van der Waals surface area contributed by atoms with Crippen LogP contribution in [-0.2, 0) is 0 Å². The van der Waals surface area contributed by atoms with E-state index >= 15 is 0 Å². The van der Waals surface area contributed by atoms with Gasteiger partial charge >= 0.3 is 7.25 Å². The highest BCUT2D eigenvalue weighted by Crippen LogP contribution is 2.21. The van der Waals surface area contributed by atoms with E-state index in [1.165, 1.54) is 0 Å². The maximum Gasteiger partial charge on any atom is 0.673 e. The highest BCUT2D eigenvalue weighted by molar-refractivity contribution is 6.50. The van der Waals surface area contributed by atoms with Gasteiger partial charge in [-0.25, -0.2) is 4.99 Å². The van der Waals surface area contributed by atoms with Gasteiger partial charge in [0, 0.05) is 5.56 Å². The van der Waals surface area contributed by atoms with Crippen LogP contribution in [0.5, 0.6) is 0 Å². The molecule has 0 radical (unpaired) electrons. The largest absolute Gasteiger partial charge is 0.673 e. The molecule has 3 nitrogen and oxygen atoms in total. The van der Waals surface area contributed by atoms with Crippen LogP contribution in [0, 0.1) is 0 Å². The van der Waals surface area contributed by atoms with E-state index in [0.29, 0.717) is 0 Å². The van der Waals surface area contributed by atoms with Crippen LogP contribution in [-0.4, -0.2) is 38.3 Å². The van der Waals surface area contributed by atoms with Crippen molar-refractivity contribution >= 4 is 18.2 Å². The smallest absolute Gasteiger partial charge is 0.456 e. The lowest BCUT2D eigenvalue weighted by Gasteiger charge is -2.14. The van der Waals surface area contributed by atoms with E-state index in [9.17, 15) is 17.3 Å². The second kappa shape index (κ2) is 10.8. The second-order valence-corrected chi connectivity index (χ2v) is 6.34. The number of rotatable bonds is 6. The minimum absolute atomic E-state index is 0.889. The van der Waals surface area contributed by atoms with Gasteiger partial charge in [-0.05, 0) is 25.2 Å². The molecule has 0 aliphatic heterocycles. The molecule has 0 aliphatic rings. The molecule has 2 aromatic carbocycles. The first-order chi connectivity index (χ1) is 13.8. The summed E-state index contributed by atoms with van der Waals surface area (Å²) in [5.74, 6) is 0.889. The van der Waals surface area contributed by atoms with Crippen LogP contribution < -0.4 is 10.3 Å². The number of hydrogen-bond acceptors (Lipinski definition) is 2. The van der Waals surface area contributed by atoms with Crippen molar-refractivity contribution < 1.29 is 26.7 Å². The average molecular weight is 408 g/mol. The Kier molecular flexibility index (Phi) is 8.45. The Hall–Kier alpha value is -2.61. The van der Waals surface area contributed by atoms with Gasteiger partial charge in [0.25, 0.3) is 0 Å². The number of fused-ring (bicyclic) bond motifs is 1. The lowest BCUT2D eigenvalue weighted by Crippen LogP contribution is -2.78. The fraction of sp³-hybridized carbons (Fsp3) is 0.286. The summed E-state index contributed by atoms with van der Waals surface area (Å²) in [4.78, 5) is 6.01. The summed E-state index contributed by atoms with van der Waals surface area (Å²) in [6, 6.07) is 20.6. The monoisotopic (exact) mass is 408 g/mol. The Morgan fingerprint density at radius 1 is 0.897 bits per heavy atom. The Balaban J connectivity index is 0.000000537. The van der Waals surface area contributed by atoms with E-state index in [2.05, 4.69) is 54.1 Å². The second-order valence-electron chi connectivity index (χ2n) is 6.34. The molecule has 1 N–H and O–H groups in total. The van der Waals surface area contributed by atoms with Crippen molar-refractivity contribution in [3.63, 3.8) is 0 Å². The molecule has 0 saturated heterocycles. The van der Waals surface area contributed by atoms with E-state index in [0.717, 1.165) is 53.8 Å². The molecular formula is C21H25BF4N2O. The molecule has 0 aliphatic carbocycles. The van der Waals surface area contributed by atoms with Crippen molar-refractivity contribution in [1.29, 1.82) is 0 Å². The van der Waals surface area contributed by atoms with Gasteiger partial charge in [-0.15, -0.1) is 0 Å². The molecule has 0 fully saturated rings. The minimum atomic E-state index is -6.00. The van der Waals surface area contributed by atoms with E-state index in [1.54, 1.807) is 0 Å². The Bertz CT molecular complexity index is 948. The number of benzene rings is 2. The summed E-state index contributed by atoms with van der Waals surface area (Å²) < 4.78 is 45.1. The molecule has 0 amide bonds. The third kappa shape index (κ3) is 7.73. The van der Waals surface area contributed by atoms with Gasteiger partial charge in [0.05, 0.1) is 18.0 Å². The average Bonchev–Trinajstić information content (AvgIpc) is 2.70. The molecule has 3 aromatic rings. The summed E-state index contributed by atoms with van der Waals surface area (Å²) in [6.45, 7) is 8.52. The van der Waals surface area contributed by atoms with Crippen LogP contribution >= 0.6 is 0 Å². The highest BCUT2D eigenvalue weighted by atomic mass is 19.5. The van der Waals surface area contributed by atoms with E-state index in [4.69, 9.17) is 4.42 Å². The molecule has 156 valence electrons. The fourth-order valence-electron chi connectivity index (χ4n) is 2.91. The number of hydrogen-bond donors (Lipinski definition) is 1. The number of nitrogens with one attached hydrogen (secondary N) is 1. The summed E-state index contributed by atoms with van der Waals surface area (Å²) in [5.41, 5.74) is 2.00. The van der Waals surface area contributed by atoms with Gasteiger partial charge in [0.15, 0.2) is 6.54 Å². The van der Waals surface area contributed by atoms with Crippen molar-refractivity contribution in [1.82, 2.24) is 4.90 Å². The summed E-state index contributed by atoms with van der Waals surface area (Å²) in [5, 5.41) is 2.25. The van der Waals surface area contributed by atoms with Crippen LogP contribution in [0.2, 0.25) is 0 Å². The number of likely N-dealkylation sites (N-methyl/N-ethyl adjacent to an activating group) is 1. The molecule has 0 spiro atoms. The third-order valence-corrected chi connectivity index (χ3v) is 4.37. The molecule has 3 rings (SSSR count). The third-order valence-electron chi connectivity index (χ3n) is 4.37. The van der Waals surface area contributed by atoms with Crippen LogP contribution in [0.3, 0.4) is 0 Å². The van der Waals surface area contributed by atoms with Gasteiger partial charge in [0.1, 0.15) is 11.3 Å². The van der Waals surface area contributed by atoms with Gasteiger partial charge in [-0.1, -0.05) is 56.3 Å². The first-order valence-corrected chi connectivity index (χ1v) is 9.56. The zero-order valence-corrected chi connectivity index (χ0v) is 16.5. The normalized spacial score (nSPS) is 12.2. The molecular weight excluding hydrogens is 383 g/mol. The quantitative estimate of drug-likeness (QED) is 0.498. The van der Waals surface area contributed by atoms with Crippen LogP contribution in [0.15, 0.2) is 65.1 Å². The van der Waals surface area contributed by atoms with Crippen molar-refractivity contribution in [3.05, 3.63) is 66.0 Å². The number of halogens is 4. The van der Waals surface area contributed by atoms with Gasteiger partial charge < -0.3 is 21.7 Å². The standard InChI is InChI=1S/C21H24N2O.BF4/c1-3-23(4-2)15-14-22-19-16-21(17-10-6-5-7-11-17)24-20-13-9-8-12-18(19)20;2-1(3,4)5/h5-13,16H,3-4,14-15H2,1-2H3;/q;-1/p+1. The van der Waals surface area contributed by atoms with Crippen molar-refractivity contribution in [2.24, 2.45) is 0 Å². The Labute approximate surface area is 167 Å². The number of para-hydroxylation sites is 1. The SMILES string of the molecule is CCN(CC)CC[NH+]=c1cc(-c2ccccc2)oc2ccccc12.F[B-](F)(F)F. The lowest BCUT2D eigenvalue weighted by atomic mass is 10.1. The van der Waals surface area contributed by atoms with E-state index in [-0.39, 0.29) is 0 Å². The molecule has 0 saturated carbocycles. The lowest BCUT2D eigenvalue weighted by molar-refractivity contribution is -0.499. The molecule has 8 heteroatoms. The molecule has 0 unspecified atom stereocenters. The molecule has 0 atom stereocenters. The zero-order valence-electron chi connectivity index (χ0n) is 16.5. The Morgan fingerprint density at radius 3 is 2.10 bits per heavy atom. The van der Waals surface area contributed by atoms with Gasteiger partial charge in [0.2, 0.25) is 5.36 Å². The maximum absolute atomic E-state index is 9.75. The molecule has 1 aromatic heterocycles. The van der Waals surface area contributed by atoms with Crippen molar-refractivity contribution in [2.45, 2.75) is 13.8 Å². The Morgan fingerprint density at radius 2 is 1.48 bits per heavy atom. The van der Waals surface area contributed by atoms with Gasteiger partial charge in [-0.3, -0.25) is 4.90 Å². The zero-order chi connectivity index (χ0) is 21.3. The van der Waals surface area contributed by atoms with E-state index < -0.39 is 7.25 Å². The summed E-state index contributed by atoms with van der Waals surface area (Å²) >= 11 is 0. The highest BCUT2D eigenvalue weighted by Gasteiger charge is 2.20. The molecule has 1 heterocycles. The van der Waals surface area contributed by atoms with Crippen molar-refractivity contribution in [3.8, 4) is 11.3 Å². The summed E-state index contributed by atoms with van der Waals surface area (Å²) in [6.07, 6.45) is 0. The van der Waals surface area contributed by atoms with Crippen molar-refractivity contribution in [2.75, 3.05) is 26.2 Å². The summed E-state index contributed by atoms with van der Waals surface area (Å²) in [7, 11) is -6.00. The van der Waals surface area contributed by atoms with E-state index in [1.807, 2.05) is 30.3 Å². The molecule has 29 heavy (non-hydrogen) atoms. The number of nitrogens with zero attached hydrogens (tertiary/aromatic N) is 1. The minimum Gasteiger partial charge on any atom is -0.456 e. The maximum atomic E-state index is 9.75. The first-order valence-electron chi connectivity index (χ1n) is 9.56. The van der Waals surface area contributed by atoms with Gasteiger partial charge in [-0.2, -0.15) is 0 Å². The topological polar surface area (TPSA) is 30.4 Å². The fourth-order valence-corrected chi connectivity index (χ4v) is 2.91.